The van der Waals surface area contributed by atoms with E-state index in [4.69, 9.17) is 5.11 Å². The van der Waals surface area contributed by atoms with E-state index in [1.807, 2.05) is 32.9 Å². The van der Waals surface area contributed by atoms with Crippen LogP contribution in [-0.4, -0.2) is 32.7 Å². The van der Waals surface area contributed by atoms with Crippen molar-refractivity contribution < 1.29 is 18.9 Å². The minimum absolute atomic E-state index is 0.306. The third kappa shape index (κ3) is 4.82. The number of hydrogen-bond acceptors (Lipinski definition) is 3. The SMILES string of the molecule is Cc1cc(C)c(NC(=O)C[S@@](=O)CC(=O)O)c(C)c1. The molecule has 1 amide bonds. The predicted octanol–water partition coefficient (Wildman–Crippen LogP) is 1.38. The number of carbonyl (C=O) groups excluding carboxylic acids is 1. The van der Waals surface area contributed by atoms with Gasteiger partial charge in [-0.05, 0) is 31.9 Å². The lowest BCUT2D eigenvalue weighted by Crippen LogP contribution is -2.23. The molecule has 1 aromatic rings. The molecule has 0 aromatic heterocycles. The first kappa shape index (κ1) is 15.4. The Labute approximate surface area is 114 Å². The fourth-order valence-electron chi connectivity index (χ4n) is 1.89. The zero-order chi connectivity index (χ0) is 14.6. The maximum absolute atomic E-state index is 11.7. The van der Waals surface area contributed by atoms with E-state index in [1.54, 1.807) is 0 Å². The smallest absolute Gasteiger partial charge is 0.316 e. The summed E-state index contributed by atoms with van der Waals surface area (Å²) in [5, 5.41) is 11.2. The van der Waals surface area contributed by atoms with E-state index < -0.39 is 28.4 Å². The molecule has 2 N–H and O–H groups in total. The van der Waals surface area contributed by atoms with Crippen molar-refractivity contribution in [3.05, 3.63) is 28.8 Å². The third-order valence-corrected chi connectivity index (χ3v) is 3.67. The van der Waals surface area contributed by atoms with Crippen LogP contribution in [0.3, 0.4) is 0 Å². The largest absolute Gasteiger partial charge is 0.481 e. The van der Waals surface area contributed by atoms with E-state index in [-0.39, 0.29) is 5.75 Å². The maximum Gasteiger partial charge on any atom is 0.316 e. The second-order valence-corrected chi connectivity index (χ2v) is 5.90. The van der Waals surface area contributed by atoms with Crippen LogP contribution in [0.5, 0.6) is 0 Å². The Morgan fingerprint density at radius 3 is 2.16 bits per heavy atom. The summed E-state index contributed by atoms with van der Waals surface area (Å²) in [5.74, 6) is -2.43. The number of nitrogens with one attached hydrogen (secondary N) is 1. The molecule has 1 aromatic carbocycles. The van der Waals surface area contributed by atoms with Gasteiger partial charge in [-0.2, -0.15) is 0 Å². The number of aryl methyl sites for hydroxylation is 3. The van der Waals surface area contributed by atoms with Crippen LogP contribution in [0.25, 0.3) is 0 Å². The van der Waals surface area contributed by atoms with Gasteiger partial charge in [0.05, 0.1) is 0 Å². The van der Waals surface area contributed by atoms with Crippen LogP contribution in [0.1, 0.15) is 16.7 Å². The maximum atomic E-state index is 11.7. The molecule has 0 aliphatic rings. The normalized spacial score (nSPS) is 11.9. The highest BCUT2D eigenvalue weighted by atomic mass is 32.2. The van der Waals surface area contributed by atoms with Crippen molar-refractivity contribution in [1.82, 2.24) is 0 Å². The highest BCUT2D eigenvalue weighted by molar-refractivity contribution is 7.86. The van der Waals surface area contributed by atoms with Crippen LogP contribution in [-0.2, 0) is 20.4 Å². The quantitative estimate of drug-likeness (QED) is 0.855. The zero-order valence-electron chi connectivity index (χ0n) is 11.1. The Kier molecular flexibility index (Phi) is 5.23. The number of rotatable bonds is 5. The molecule has 0 unspecified atom stereocenters. The van der Waals surface area contributed by atoms with E-state index in [0.29, 0.717) is 5.69 Å². The highest BCUT2D eigenvalue weighted by Crippen LogP contribution is 2.21. The van der Waals surface area contributed by atoms with Crippen LogP contribution in [0.2, 0.25) is 0 Å². The number of hydrogen-bond donors (Lipinski definition) is 2. The number of carboxylic acids is 1. The van der Waals surface area contributed by atoms with Gasteiger partial charge in [-0.15, -0.1) is 0 Å². The molecule has 5 nitrogen and oxygen atoms in total. The summed E-state index contributed by atoms with van der Waals surface area (Å²) in [7, 11) is -1.68. The zero-order valence-corrected chi connectivity index (χ0v) is 12.0. The molecule has 0 fully saturated rings. The molecule has 1 rings (SSSR count). The van der Waals surface area contributed by atoms with Crippen LogP contribution >= 0.6 is 0 Å². The van der Waals surface area contributed by atoms with Gasteiger partial charge in [0.15, 0.2) is 0 Å². The van der Waals surface area contributed by atoms with Gasteiger partial charge in [0.2, 0.25) is 5.91 Å². The standard InChI is InChI=1S/C13H17NO4S/c1-8-4-9(2)13(10(3)5-8)14-11(15)6-19(18)7-12(16)17/h4-5H,6-7H2,1-3H3,(H,14,15)(H,16,17)/t19-/m1/s1. The van der Waals surface area contributed by atoms with Gasteiger partial charge in [0.1, 0.15) is 11.5 Å². The van der Waals surface area contributed by atoms with E-state index in [9.17, 15) is 13.8 Å². The topological polar surface area (TPSA) is 83.5 Å². The molecule has 0 saturated heterocycles. The van der Waals surface area contributed by atoms with Crippen LogP contribution in [0, 0.1) is 20.8 Å². The number of carboxylic acid groups (broad SMARTS) is 1. The van der Waals surface area contributed by atoms with E-state index >= 15 is 0 Å². The van der Waals surface area contributed by atoms with E-state index in [0.717, 1.165) is 16.7 Å². The van der Waals surface area contributed by atoms with Crippen LogP contribution in [0.15, 0.2) is 12.1 Å². The molecule has 6 heteroatoms. The monoisotopic (exact) mass is 283 g/mol. The summed E-state index contributed by atoms with van der Waals surface area (Å²) in [6.45, 7) is 5.72. The first-order valence-corrected chi connectivity index (χ1v) is 7.23. The molecule has 0 saturated carbocycles. The summed E-state index contributed by atoms with van der Waals surface area (Å²) < 4.78 is 11.3. The first-order valence-electron chi connectivity index (χ1n) is 5.74. The van der Waals surface area contributed by atoms with E-state index in [2.05, 4.69) is 5.32 Å². The summed E-state index contributed by atoms with van der Waals surface area (Å²) in [4.78, 5) is 22.1. The van der Waals surface area contributed by atoms with Gasteiger partial charge >= 0.3 is 5.97 Å². The van der Waals surface area contributed by atoms with Crippen molar-refractivity contribution in [2.75, 3.05) is 16.8 Å². The Morgan fingerprint density at radius 2 is 1.68 bits per heavy atom. The lowest BCUT2D eigenvalue weighted by Gasteiger charge is -2.12. The third-order valence-electron chi connectivity index (χ3n) is 2.52. The molecular formula is C13H17NO4S. The molecule has 0 radical (unpaired) electrons. The molecule has 1 atom stereocenters. The minimum Gasteiger partial charge on any atom is -0.481 e. The second-order valence-electron chi connectivity index (χ2n) is 4.44. The van der Waals surface area contributed by atoms with Crippen LogP contribution < -0.4 is 5.32 Å². The molecule has 104 valence electrons. The Bertz CT molecular complexity index is 516. The molecule has 0 heterocycles. The number of anilines is 1. The second kappa shape index (κ2) is 6.47. The fourth-order valence-corrected chi connectivity index (χ4v) is 2.63. The molecule has 0 aliphatic carbocycles. The van der Waals surface area contributed by atoms with Crippen molar-refractivity contribution in [1.29, 1.82) is 0 Å². The van der Waals surface area contributed by atoms with Gasteiger partial charge in [-0.25, -0.2) is 0 Å². The fraction of sp³-hybridized carbons (Fsp3) is 0.385. The lowest BCUT2D eigenvalue weighted by atomic mass is 10.1. The molecule has 19 heavy (non-hydrogen) atoms. The van der Waals surface area contributed by atoms with Crippen molar-refractivity contribution in [2.24, 2.45) is 0 Å². The average molecular weight is 283 g/mol. The van der Waals surface area contributed by atoms with Gasteiger partial charge < -0.3 is 10.4 Å². The van der Waals surface area contributed by atoms with Gasteiger partial charge in [-0.3, -0.25) is 13.8 Å². The Balaban J connectivity index is 2.73. The molecule has 0 bridgehead atoms. The van der Waals surface area contributed by atoms with Gasteiger partial charge in [0.25, 0.3) is 0 Å². The van der Waals surface area contributed by atoms with Crippen molar-refractivity contribution in [3.8, 4) is 0 Å². The molecule has 0 aliphatic heterocycles. The number of benzene rings is 1. The lowest BCUT2D eigenvalue weighted by molar-refractivity contribution is -0.133. The number of aliphatic carboxylic acids is 1. The van der Waals surface area contributed by atoms with Crippen molar-refractivity contribution in [2.45, 2.75) is 20.8 Å². The van der Waals surface area contributed by atoms with E-state index in [1.165, 1.54) is 0 Å². The van der Waals surface area contributed by atoms with Crippen LogP contribution in [0.4, 0.5) is 5.69 Å². The predicted molar refractivity (Wildman–Crippen MR) is 74.8 cm³/mol. The first-order chi connectivity index (χ1) is 8.79. The summed E-state index contributed by atoms with van der Waals surface area (Å²) >= 11 is 0. The molecular weight excluding hydrogens is 266 g/mol. The average Bonchev–Trinajstić information content (AvgIpc) is 2.21. The minimum atomic E-state index is -1.68. The van der Waals surface area contributed by atoms with Crippen molar-refractivity contribution >= 4 is 28.4 Å². The highest BCUT2D eigenvalue weighted by Gasteiger charge is 2.13. The number of carbonyl (C=O) groups is 2. The summed E-state index contributed by atoms with van der Waals surface area (Å²) in [5.41, 5.74) is 3.65. The number of amides is 1. The molecule has 0 spiro atoms. The van der Waals surface area contributed by atoms with Crippen molar-refractivity contribution in [3.63, 3.8) is 0 Å². The summed E-state index contributed by atoms with van der Waals surface area (Å²) in [6, 6.07) is 3.88. The summed E-state index contributed by atoms with van der Waals surface area (Å²) in [6.07, 6.45) is 0. The van der Waals surface area contributed by atoms with Gasteiger partial charge in [0, 0.05) is 16.5 Å². The Morgan fingerprint density at radius 1 is 1.16 bits per heavy atom. The Hall–Kier alpha value is -1.69. The van der Waals surface area contributed by atoms with Gasteiger partial charge in [-0.1, -0.05) is 17.7 Å².